The Bertz CT molecular complexity index is 411. The number of amides is 1. The van der Waals surface area contributed by atoms with Crippen LogP contribution < -0.4 is 10.1 Å². The Hall–Kier alpha value is -1.69. The van der Waals surface area contributed by atoms with Gasteiger partial charge in [0.25, 0.3) is 5.91 Å². The van der Waals surface area contributed by atoms with Crippen LogP contribution >= 0.6 is 0 Å². The zero-order valence-corrected chi connectivity index (χ0v) is 10.4. The Kier molecular flexibility index (Phi) is 5.51. The number of rotatable bonds is 6. The van der Waals surface area contributed by atoms with E-state index in [4.69, 9.17) is 4.74 Å². The molecule has 18 heavy (non-hydrogen) atoms. The van der Waals surface area contributed by atoms with Crippen LogP contribution in [0.15, 0.2) is 18.2 Å². The highest BCUT2D eigenvalue weighted by molar-refractivity contribution is 5.77. The largest absolute Gasteiger partial charge is 0.484 e. The monoisotopic (exact) mass is 258 g/mol. The highest BCUT2D eigenvalue weighted by Crippen LogP contribution is 2.14. The lowest BCUT2D eigenvalue weighted by Gasteiger charge is -2.11. The molecule has 1 amide bonds. The van der Waals surface area contributed by atoms with Gasteiger partial charge in [-0.15, -0.1) is 0 Å². The van der Waals surface area contributed by atoms with E-state index in [0.717, 1.165) is 18.7 Å². The molecule has 1 N–H and O–H groups in total. The van der Waals surface area contributed by atoms with Crippen molar-refractivity contribution in [2.75, 3.05) is 33.8 Å². The molecule has 4 nitrogen and oxygen atoms in total. The number of benzene rings is 1. The Morgan fingerprint density at radius 2 is 2.06 bits per heavy atom. The highest BCUT2D eigenvalue weighted by Gasteiger charge is 2.06. The molecule has 0 bridgehead atoms. The van der Waals surface area contributed by atoms with E-state index in [0.29, 0.717) is 6.54 Å². The van der Waals surface area contributed by atoms with E-state index < -0.39 is 11.6 Å². The van der Waals surface area contributed by atoms with Gasteiger partial charge in [0.2, 0.25) is 0 Å². The second kappa shape index (κ2) is 6.90. The summed E-state index contributed by atoms with van der Waals surface area (Å²) in [6.07, 6.45) is 0. The van der Waals surface area contributed by atoms with E-state index >= 15 is 0 Å². The number of halogens is 2. The average molecular weight is 258 g/mol. The molecule has 1 rings (SSSR count). The number of ether oxygens (including phenoxy) is 1. The molecule has 0 heterocycles. The fourth-order valence-electron chi connectivity index (χ4n) is 1.19. The number of carbonyl (C=O) groups is 1. The Balaban J connectivity index is 2.31. The predicted molar refractivity (Wildman–Crippen MR) is 63.4 cm³/mol. The molecule has 0 aliphatic carbocycles. The molecule has 0 saturated heterocycles. The third kappa shape index (κ3) is 5.09. The molecule has 100 valence electrons. The first-order valence-electron chi connectivity index (χ1n) is 5.48. The Labute approximate surface area is 105 Å². The molecule has 0 aromatic heterocycles. The van der Waals surface area contributed by atoms with Gasteiger partial charge in [0.15, 0.2) is 18.2 Å². The summed E-state index contributed by atoms with van der Waals surface area (Å²) in [6, 6.07) is 3.13. The van der Waals surface area contributed by atoms with Crippen LogP contribution in [0.3, 0.4) is 0 Å². The van der Waals surface area contributed by atoms with Crippen LogP contribution in [0.25, 0.3) is 0 Å². The minimum absolute atomic E-state index is 0.122. The Morgan fingerprint density at radius 3 is 2.67 bits per heavy atom. The van der Waals surface area contributed by atoms with Crippen LogP contribution in [0, 0.1) is 11.6 Å². The maximum atomic E-state index is 12.8. The zero-order valence-electron chi connectivity index (χ0n) is 10.4. The topological polar surface area (TPSA) is 41.6 Å². The van der Waals surface area contributed by atoms with E-state index in [1.807, 2.05) is 19.0 Å². The van der Waals surface area contributed by atoms with E-state index in [9.17, 15) is 13.6 Å². The summed E-state index contributed by atoms with van der Waals surface area (Å²) in [6.45, 7) is 1.00. The van der Waals surface area contributed by atoms with Gasteiger partial charge < -0.3 is 15.0 Å². The molecular formula is C12H16F2N2O2. The Morgan fingerprint density at radius 1 is 1.33 bits per heavy atom. The SMILES string of the molecule is CN(C)CCNC(=O)COc1ccc(F)c(F)c1. The third-order valence-electron chi connectivity index (χ3n) is 2.14. The molecule has 0 atom stereocenters. The van der Waals surface area contributed by atoms with Crippen LogP contribution in [-0.4, -0.2) is 44.6 Å². The summed E-state index contributed by atoms with van der Waals surface area (Å²) in [7, 11) is 3.79. The van der Waals surface area contributed by atoms with Crippen LogP contribution in [-0.2, 0) is 4.79 Å². The molecule has 6 heteroatoms. The van der Waals surface area contributed by atoms with Gasteiger partial charge in [-0.05, 0) is 26.2 Å². The quantitative estimate of drug-likeness (QED) is 0.828. The van der Waals surface area contributed by atoms with Crippen molar-refractivity contribution in [3.8, 4) is 5.75 Å². The van der Waals surface area contributed by atoms with E-state index in [1.165, 1.54) is 6.07 Å². The van der Waals surface area contributed by atoms with Crippen molar-refractivity contribution in [1.29, 1.82) is 0 Å². The number of hydrogen-bond donors (Lipinski definition) is 1. The summed E-state index contributed by atoms with van der Waals surface area (Å²) in [5.74, 6) is -2.13. The van der Waals surface area contributed by atoms with E-state index in [2.05, 4.69) is 5.32 Å². The number of nitrogens with one attached hydrogen (secondary N) is 1. The maximum Gasteiger partial charge on any atom is 0.257 e. The summed E-state index contributed by atoms with van der Waals surface area (Å²) in [5, 5.41) is 2.64. The van der Waals surface area contributed by atoms with Gasteiger partial charge in [-0.2, -0.15) is 0 Å². The summed E-state index contributed by atoms with van der Waals surface area (Å²) in [5.41, 5.74) is 0. The van der Waals surface area contributed by atoms with Crippen molar-refractivity contribution in [1.82, 2.24) is 10.2 Å². The lowest BCUT2D eigenvalue weighted by atomic mass is 10.3. The van der Waals surface area contributed by atoms with Gasteiger partial charge in [0.05, 0.1) is 0 Å². The first-order chi connectivity index (χ1) is 8.49. The van der Waals surface area contributed by atoms with E-state index in [-0.39, 0.29) is 18.3 Å². The normalized spacial score (nSPS) is 10.5. The second-order valence-corrected chi connectivity index (χ2v) is 4.02. The highest BCUT2D eigenvalue weighted by atomic mass is 19.2. The van der Waals surface area contributed by atoms with Crippen molar-refractivity contribution in [3.05, 3.63) is 29.8 Å². The number of carbonyl (C=O) groups excluding carboxylic acids is 1. The van der Waals surface area contributed by atoms with Gasteiger partial charge in [-0.25, -0.2) is 8.78 Å². The van der Waals surface area contributed by atoms with Gasteiger partial charge in [0, 0.05) is 19.2 Å². The number of hydrogen-bond acceptors (Lipinski definition) is 3. The lowest BCUT2D eigenvalue weighted by molar-refractivity contribution is -0.123. The van der Waals surface area contributed by atoms with Crippen LogP contribution in [0.2, 0.25) is 0 Å². The van der Waals surface area contributed by atoms with E-state index in [1.54, 1.807) is 0 Å². The lowest BCUT2D eigenvalue weighted by Crippen LogP contribution is -2.34. The fraction of sp³-hybridized carbons (Fsp3) is 0.417. The molecule has 0 unspecified atom stereocenters. The first-order valence-corrected chi connectivity index (χ1v) is 5.48. The van der Waals surface area contributed by atoms with Crippen molar-refractivity contribution < 1.29 is 18.3 Å². The molecular weight excluding hydrogens is 242 g/mol. The molecule has 0 saturated carbocycles. The number of likely N-dealkylation sites (N-methyl/N-ethyl adjacent to an activating group) is 1. The second-order valence-electron chi connectivity index (χ2n) is 4.02. The third-order valence-corrected chi connectivity index (χ3v) is 2.14. The summed E-state index contributed by atoms with van der Waals surface area (Å²) < 4.78 is 30.5. The minimum atomic E-state index is -1.000. The van der Waals surface area contributed by atoms with Crippen molar-refractivity contribution >= 4 is 5.91 Å². The smallest absolute Gasteiger partial charge is 0.257 e. The molecule has 0 radical (unpaired) electrons. The van der Waals surface area contributed by atoms with Gasteiger partial charge in [-0.1, -0.05) is 0 Å². The van der Waals surface area contributed by atoms with Crippen molar-refractivity contribution in [2.24, 2.45) is 0 Å². The maximum absolute atomic E-state index is 12.8. The van der Waals surface area contributed by atoms with Gasteiger partial charge >= 0.3 is 0 Å². The fourth-order valence-corrected chi connectivity index (χ4v) is 1.19. The molecule has 1 aromatic carbocycles. The molecule has 1 aromatic rings. The van der Waals surface area contributed by atoms with Crippen molar-refractivity contribution in [3.63, 3.8) is 0 Å². The van der Waals surface area contributed by atoms with Crippen LogP contribution in [0.5, 0.6) is 5.75 Å². The van der Waals surface area contributed by atoms with Crippen LogP contribution in [0.1, 0.15) is 0 Å². The summed E-state index contributed by atoms with van der Waals surface area (Å²) in [4.78, 5) is 13.3. The van der Waals surface area contributed by atoms with Gasteiger partial charge in [-0.3, -0.25) is 4.79 Å². The first kappa shape index (κ1) is 14.4. The minimum Gasteiger partial charge on any atom is -0.484 e. The molecule has 0 fully saturated rings. The number of nitrogens with zero attached hydrogens (tertiary/aromatic N) is 1. The summed E-state index contributed by atoms with van der Waals surface area (Å²) >= 11 is 0. The molecule has 0 aliphatic heterocycles. The molecule has 0 aliphatic rings. The average Bonchev–Trinajstić information content (AvgIpc) is 2.30. The molecule has 0 spiro atoms. The standard InChI is InChI=1S/C12H16F2N2O2/c1-16(2)6-5-15-12(17)8-18-9-3-4-10(13)11(14)7-9/h3-4,7H,5-6,8H2,1-2H3,(H,15,17). The zero-order chi connectivity index (χ0) is 13.5. The van der Waals surface area contributed by atoms with Crippen molar-refractivity contribution in [2.45, 2.75) is 0 Å². The van der Waals surface area contributed by atoms with Gasteiger partial charge in [0.1, 0.15) is 5.75 Å². The van der Waals surface area contributed by atoms with Crippen LogP contribution in [0.4, 0.5) is 8.78 Å². The predicted octanol–water partition coefficient (Wildman–Crippen LogP) is 1.02.